The third kappa shape index (κ3) is 4.04. The first-order chi connectivity index (χ1) is 7.99. The van der Waals surface area contributed by atoms with E-state index < -0.39 is 0 Å². The molecule has 0 saturated carbocycles. The molecule has 0 bridgehead atoms. The van der Waals surface area contributed by atoms with E-state index in [1.54, 1.807) is 0 Å². The van der Waals surface area contributed by atoms with Crippen LogP contribution >= 0.6 is 0 Å². The van der Waals surface area contributed by atoms with Gasteiger partial charge in [0.15, 0.2) is 0 Å². The minimum absolute atomic E-state index is 0.188. The summed E-state index contributed by atoms with van der Waals surface area (Å²) in [7, 11) is 2.01. The van der Waals surface area contributed by atoms with Crippen LogP contribution in [0.2, 0.25) is 0 Å². The van der Waals surface area contributed by atoms with Crippen LogP contribution < -0.4 is 10.1 Å². The molecule has 2 nitrogen and oxygen atoms in total. The Hall–Kier alpha value is -1.02. The molecule has 0 heterocycles. The van der Waals surface area contributed by atoms with Gasteiger partial charge >= 0.3 is 0 Å². The second kappa shape index (κ2) is 6.06. The summed E-state index contributed by atoms with van der Waals surface area (Å²) in [6, 6.07) is 8.99. The van der Waals surface area contributed by atoms with Crippen molar-refractivity contribution in [2.45, 2.75) is 45.6 Å². The van der Waals surface area contributed by atoms with Crippen molar-refractivity contribution in [2.24, 2.45) is 0 Å². The number of hydrogen-bond acceptors (Lipinski definition) is 2. The molecule has 2 heteroatoms. The van der Waals surface area contributed by atoms with Crippen LogP contribution in [0.4, 0.5) is 0 Å². The van der Waals surface area contributed by atoms with E-state index in [0.29, 0.717) is 6.04 Å². The Balaban J connectivity index is 2.76. The van der Waals surface area contributed by atoms with E-state index in [0.717, 1.165) is 18.8 Å². The zero-order valence-corrected chi connectivity index (χ0v) is 11.7. The molecule has 0 spiro atoms. The molecule has 1 unspecified atom stereocenters. The molecule has 0 aliphatic carbocycles. The molecular weight excluding hydrogens is 210 g/mol. The van der Waals surface area contributed by atoms with Gasteiger partial charge in [0.2, 0.25) is 0 Å². The van der Waals surface area contributed by atoms with E-state index in [1.165, 1.54) is 5.56 Å². The largest absolute Gasteiger partial charge is 0.494 e. The van der Waals surface area contributed by atoms with Gasteiger partial charge in [0.25, 0.3) is 0 Å². The molecule has 17 heavy (non-hydrogen) atoms. The molecule has 0 amide bonds. The van der Waals surface area contributed by atoms with Crippen LogP contribution in [-0.2, 0) is 5.41 Å². The molecule has 1 N–H and O–H groups in total. The smallest absolute Gasteiger partial charge is 0.119 e. The number of ether oxygens (including phenoxy) is 1. The number of hydrogen-bond donors (Lipinski definition) is 1. The van der Waals surface area contributed by atoms with Gasteiger partial charge in [-0.2, -0.15) is 0 Å². The van der Waals surface area contributed by atoms with E-state index in [2.05, 4.69) is 50.4 Å². The van der Waals surface area contributed by atoms with Crippen molar-refractivity contribution in [1.29, 1.82) is 0 Å². The Kier molecular flexibility index (Phi) is 5.01. The lowest BCUT2D eigenvalue weighted by Gasteiger charge is -2.28. The fourth-order valence-electron chi connectivity index (χ4n) is 2.15. The fourth-order valence-corrected chi connectivity index (χ4v) is 2.15. The summed E-state index contributed by atoms with van der Waals surface area (Å²) in [5, 5.41) is 3.30. The van der Waals surface area contributed by atoms with Gasteiger partial charge in [0.1, 0.15) is 5.75 Å². The third-order valence-corrected chi connectivity index (χ3v) is 3.26. The second-order valence-corrected chi connectivity index (χ2v) is 5.24. The van der Waals surface area contributed by atoms with Crippen molar-refractivity contribution in [1.82, 2.24) is 5.32 Å². The highest BCUT2D eigenvalue weighted by molar-refractivity contribution is 5.31. The molecule has 0 saturated heterocycles. The summed E-state index contributed by atoms with van der Waals surface area (Å²) in [6.45, 7) is 9.52. The molecule has 1 rings (SSSR count). The van der Waals surface area contributed by atoms with Crippen LogP contribution in [0.15, 0.2) is 24.3 Å². The lowest BCUT2D eigenvalue weighted by molar-refractivity contribution is 0.339. The molecule has 96 valence electrons. The van der Waals surface area contributed by atoms with Crippen molar-refractivity contribution in [2.75, 3.05) is 13.7 Å². The van der Waals surface area contributed by atoms with E-state index in [9.17, 15) is 0 Å². The Morgan fingerprint density at radius 3 is 2.29 bits per heavy atom. The molecule has 1 aromatic carbocycles. The SMILES string of the molecule is CCOc1ccc(C(C)(C)CC(C)NC)cc1. The maximum atomic E-state index is 5.46. The van der Waals surface area contributed by atoms with Crippen LogP contribution in [0, 0.1) is 0 Å². The van der Waals surface area contributed by atoms with Crippen molar-refractivity contribution in [3.63, 3.8) is 0 Å². The first-order valence-corrected chi connectivity index (χ1v) is 6.40. The van der Waals surface area contributed by atoms with Gasteiger partial charge in [-0.05, 0) is 50.4 Å². The van der Waals surface area contributed by atoms with Crippen LogP contribution in [-0.4, -0.2) is 19.7 Å². The van der Waals surface area contributed by atoms with Crippen molar-refractivity contribution in [3.8, 4) is 5.75 Å². The predicted octanol–water partition coefficient (Wildman–Crippen LogP) is 3.36. The zero-order valence-electron chi connectivity index (χ0n) is 11.7. The highest BCUT2D eigenvalue weighted by Crippen LogP contribution is 2.29. The maximum absolute atomic E-state index is 5.46. The molecule has 0 aliphatic heterocycles. The van der Waals surface area contributed by atoms with Crippen LogP contribution in [0.5, 0.6) is 5.75 Å². The van der Waals surface area contributed by atoms with Crippen molar-refractivity contribution >= 4 is 0 Å². The van der Waals surface area contributed by atoms with Gasteiger partial charge in [-0.3, -0.25) is 0 Å². The summed E-state index contributed by atoms with van der Waals surface area (Å²) >= 11 is 0. The Bertz CT molecular complexity index is 329. The van der Waals surface area contributed by atoms with Crippen LogP contribution in [0.1, 0.15) is 39.7 Å². The first kappa shape index (κ1) is 14.0. The topological polar surface area (TPSA) is 21.3 Å². The lowest BCUT2D eigenvalue weighted by Crippen LogP contribution is -2.30. The van der Waals surface area contributed by atoms with Gasteiger partial charge < -0.3 is 10.1 Å². The molecule has 0 fully saturated rings. The molecule has 1 aromatic rings. The second-order valence-electron chi connectivity index (χ2n) is 5.24. The highest BCUT2D eigenvalue weighted by Gasteiger charge is 2.22. The van der Waals surface area contributed by atoms with Crippen molar-refractivity contribution in [3.05, 3.63) is 29.8 Å². The zero-order chi connectivity index (χ0) is 12.9. The summed E-state index contributed by atoms with van der Waals surface area (Å²) in [5.74, 6) is 0.953. The predicted molar refractivity (Wildman–Crippen MR) is 73.8 cm³/mol. The Morgan fingerprint density at radius 2 is 1.82 bits per heavy atom. The number of benzene rings is 1. The monoisotopic (exact) mass is 235 g/mol. The molecule has 0 radical (unpaired) electrons. The van der Waals surface area contributed by atoms with Gasteiger partial charge in [-0.1, -0.05) is 26.0 Å². The van der Waals surface area contributed by atoms with Gasteiger partial charge in [0.05, 0.1) is 6.61 Å². The lowest BCUT2D eigenvalue weighted by atomic mass is 9.79. The summed E-state index contributed by atoms with van der Waals surface area (Å²) in [4.78, 5) is 0. The standard InChI is InChI=1S/C15H25NO/c1-6-17-14-9-7-13(8-10-14)15(3,4)11-12(2)16-5/h7-10,12,16H,6,11H2,1-5H3. The van der Waals surface area contributed by atoms with E-state index >= 15 is 0 Å². The Labute approximate surface area is 105 Å². The minimum atomic E-state index is 0.188. The van der Waals surface area contributed by atoms with Gasteiger partial charge in [-0.25, -0.2) is 0 Å². The average molecular weight is 235 g/mol. The molecular formula is C15H25NO. The number of nitrogens with one attached hydrogen (secondary N) is 1. The van der Waals surface area contributed by atoms with Crippen molar-refractivity contribution < 1.29 is 4.74 Å². The van der Waals surface area contributed by atoms with E-state index in [1.807, 2.05) is 14.0 Å². The molecule has 1 atom stereocenters. The quantitative estimate of drug-likeness (QED) is 0.816. The summed E-state index contributed by atoms with van der Waals surface area (Å²) < 4.78 is 5.46. The summed E-state index contributed by atoms with van der Waals surface area (Å²) in [5.41, 5.74) is 1.55. The fraction of sp³-hybridized carbons (Fsp3) is 0.600. The normalized spacial score (nSPS) is 13.5. The average Bonchev–Trinajstić information content (AvgIpc) is 2.29. The Morgan fingerprint density at radius 1 is 1.24 bits per heavy atom. The van der Waals surface area contributed by atoms with Gasteiger partial charge in [-0.15, -0.1) is 0 Å². The molecule has 0 aliphatic rings. The van der Waals surface area contributed by atoms with Crippen LogP contribution in [0.3, 0.4) is 0 Å². The molecule has 0 aromatic heterocycles. The highest BCUT2D eigenvalue weighted by atomic mass is 16.5. The van der Waals surface area contributed by atoms with E-state index in [4.69, 9.17) is 4.74 Å². The third-order valence-electron chi connectivity index (χ3n) is 3.26. The van der Waals surface area contributed by atoms with E-state index in [-0.39, 0.29) is 5.41 Å². The number of rotatable bonds is 6. The first-order valence-electron chi connectivity index (χ1n) is 6.40. The maximum Gasteiger partial charge on any atom is 0.119 e. The van der Waals surface area contributed by atoms with Crippen LogP contribution in [0.25, 0.3) is 0 Å². The van der Waals surface area contributed by atoms with Gasteiger partial charge in [0, 0.05) is 6.04 Å². The summed E-state index contributed by atoms with van der Waals surface area (Å²) in [6.07, 6.45) is 1.12. The minimum Gasteiger partial charge on any atom is -0.494 e.